The number of amides is 1. The van der Waals surface area contributed by atoms with Gasteiger partial charge in [0.25, 0.3) is 5.91 Å². The maximum absolute atomic E-state index is 12.6. The highest BCUT2D eigenvalue weighted by atomic mass is 19.4. The highest BCUT2D eigenvalue weighted by Crippen LogP contribution is 2.44. The van der Waals surface area contributed by atoms with Crippen LogP contribution in [0, 0.1) is 0 Å². The lowest BCUT2D eigenvalue weighted by molar-refractivity contribution is -0.137. The Morgan fingerprint density at radius 2 is 1.64 bits per heavy atom. The largest absolute Gasteiger partial charge is 0.416 e. The van der Waals surface area contributed by atoms with Crippen molar-refractivity contribution in [1.82, 2.24) is 0 Å². The van der Waals surface area contributed by atoms with Gasteiger partial charge < -0.3 is 10.0 Å². The molecule has 1 unspecified atom stereocenters. The Morgan fingerprint density at radius 3 is 2.23 bits per heavy atom. The summed E-state index contributed by atoms with van der Waals surface area (Å²) in [5.74, 6) is -0.589. The molecule has 0 saturated heterocycles. The molecule has 114 valence electrons. The van der Waals surface area contributed by atoms with Crippen molar-refractivity contribution < 1.29 is 23.1 Å². The molecule has 1 heterocycles. The fraction of sp³-hybridized carbons (Fsp3) is 0.188. The third-order valence-corrected chi connectivity index (χ3v) is 3.90. The minimum atomic E-state index is -4.46. The molecular formula is C16H12F3NO2. The van der Waals surface area contributed by atoms with Crippen molar-refractivity contribution in [2.75, 3.05) is 11.9 Å². The molecule has 0 bridgehead atoms. The van der Waals surface area contributed by atoms with E-state index in [2.05, 4.69) is 0 Å². The Balaban J connectivity index is 2.13. The quantitative estimate of drug-likeness (QED) is 0.880. The number of aliphatic hydroxyl groups is 1. The highest BCUT2D eigenvalue weighted by molar-refractivity contribution is 6.08. The molecule has 2 aromatic carbocycles. The molecule has 0 radical (unpaired) electrons. The molecule has 22 heavy (non-hydrogen) atoms. The molecule has 1 N–H and O–H groups in total. The molecule has 0 saturated carbocycles. The van der Waals surface area contributed by atoms with Gasteiger partial charge >= 0.3 is 6.18 Å². The van der Waals surface area contributed by atoms with Gasteiger partial charge in [0.1, 0.15) is 0 Å². The summed E-state index contributed by atoms with van der Waals surface area (Å²) < 4.78 is 37.9. The smallest absolute Gasteiger partial charge is 0.372 e. The summed E-state index contributed by atoms with van der Waals surface area (Å²) in [5.41, 5.74) is -1.78. The number of nitrogens with zero attached hydrogens (tertiary/aromatic N) is 1. The zero-order chi connectivity index (χ0) is 16.1. The Morgan fingerprint density at radius 1 is 1.05 bits per heavy atom. The van der Waals surface area contributed by atoms with Crippen LogP contribution in [0.1, 0.15) is 16.7 Å². The monoisotopic (exact) mass is 307 g/mol. The van der Waals surface area contributed by atoms with Crippen molar-refractivity contribution in [2.45, 2.75) is 11.8 Å². The average Bonchev–Trinajstić information content (AvgIpc) is 2.70. The van der Waals surface area contributed by atoms with E-state index in [0.717, 1.165) is 24.3 Å². The van der Waals surface area contributed by atoms with Crippen LogP contribution in [-0.4, -0.2) is 18.1 Å². The molecule has 0 aromatic heterocycles. The second-order valence-corrected chi connectivity index (χ2v) is 5.17. The summed E-state index contributed by atoms with van der Waals surface area (Å²) in [6, 6.07) is 10.7. The van der Waals surface area contributed by atoms with Crippen LogP contribution in [0.5, 0.6) is 0 Å². The summed E-state index contributed by atoms with van der Waals surface area (Å²) in [7, 11) is 1.52. The number of halogens is 3. The van der Waals surface area contributed by atoms with E-state index >= 15 is 0 Å². The number of anilines is 1. The zero-order valence-electron chi connectivity index (χ0n) is 11.6. The van der Waals surface area contributed by atoms with Gasteiger partial charge in [-0.2, -0.15) is 13.2 Å². The van der Waals surface area contributed by atoms with Crippen molar-refractivity contribution in [3.63, 3.8) is 0 Å². The van der Waals surface area contributed by atoms with Crippen molar-refractivity contribution in [3.8, 4) is 0 Å². The number of alkyl halides is 3. The molecular weight excluding hydrogens is 295 g/mol. The van der Waals surface area contributed by atoms with Gasteiger partial charge in [-0.15, -0.1) is 0 Å². The summed E-state index contributed by atoms with van der Waals surface area (Å²) in [4.78, 5) is 13.7. The van der Waals surface area contributed by atoms with Gasteiger partial charge in [0.05, 0.1) is 11.3 Å². The number of likely N-dealkylation sites (N-methyl/N-ethyl adjacent to an activating group) is 1. The van der Waals surface area contributed by atoms with E-state index in [1.807, 2.05) is 0 Å². The molecule has 1 amide bonds. The molecule has 0 aliphatic carbocycles. The lowest BCUT2D eigenvalue weighted by Gasteiger charge is -2.23. The molecule has 2 aromatic rings. The number of para-hydroxylation sites is 1. The molecule has 1 atom stereocenters. The summed E-state index contributed by atoms with van der Waals surface area (Å²) in [5, 5.41) is 10.9. The number of benzene rings is 2. The van der Waals surface area contributed by atoms with Crippen molar-refractivity contribution >= 4 is 11.6 Å². The lowest BCUT2D eigenvalue weighted by atomic mass is 9.87. The number of hydrogen-bond acceptors (Lipinski definition) is 2. The second-order valence-electron chi connectivity index (χ2n) is 5.17. The van der Waals surface area contributed by atoms with Gasteiger partial charge in [-0.3, -0.25) is 4.79 Å². The Hall–Kier alpha value is -2.34. The fourth-order valence-electron chi connectivity index (χ4n) is 2.72. The van der Waals surface area contributed by atoms with Crippen molar-refractivity contribution in [1.29, 1.82) is 0 Å². The van der Waals surface area contributed by atoms with Crippen molar-refractivity contribution in [3.05, 3.63) is 65.2 Å². The molecule has 0 fully saturated rings. The predicted octanol–water partition coefficient (Wildman–Crippen LogP) is 2.92. The first kappa shape index (κ1) is 14.6. The molecule has 3 rings (SSSR count). The van der Waals surface area contributed by atoms with E-state index < -0.39 is 23.2 Å². The average molecular weight is 307 g/mol. The SMILES string of the molecule is CN1C(=O)C(O)(c2ccc(C(F)(F)F)cc2)c2ccccc21. The third-order valence-electron chi connectivity index (χ3n) is 3.90. The highest BCUT2D eigenvalue weighted by Gasteiger charge is 2.49. The molecule has 0 spiro atoms. The maximum atomic E-state index is 12.6. The van der Waals surface area contributed by atoms with Crippen LogP contribution in [0.15, 0.2) is 48.5 Å². The van der Waals surface area contributed by atoms with E-state index in [1.54, 1.807) is 24.3 Å². The van der Waals surface area contributed by atoms with Crippen LogP contribution in [0.25, 0.3) is 0 Å². The number of carbonyl (C=O) groups excluding carboxylic acids is 1. The predicted molar refractivity (Wildman–Crippen MR) is 74.3 cm³/mol. The first-order chi connectivity index (χ1) is 10.3. The van der Waals surface area contributed by atoms with Gasteiger partial charge in [-0.25, -0.2) is 0 Å². The Kier molecular flexibility index (Phi) is 3.04. The number of rotatable bonds is 1. The fourth-order valence-corrected chi connectivity index (χ4v) is 2.72. The summed E-state index contributed by atoms with van der Waals surface area (Å²) >= 11 is 0. The van der Waals surface area contributed by atoms with Gasteiger partial charge in [0.15, 0.2) is 5.60 Å². The Labute approximate surface area is 124 Å². The van der Waals surface area contributed by atoms with Crippen molar-refractivity contribution in [2.24, 2.45) is 0 Å². The molecule has 6 heteroatoms. The van der Waals surface area contributed by atoms with Crippen LogP contribution < -0.4 is 4.90 Å². The van der Waals surface area contributed by atoms with Gasteiger partial charge in [0.2, 0.25) is 0 Å². The van der Waals surface area contributed by atoms with Gasteiger partial charge in [0, 0.05) is 12.6 Å². The number of carbonyl (C=O) groups is 1. The van der Waals surface area contributed by atoms with E-state index in [0.29, 0.717) is 11.3 Å². The first-order valence-electron chi connectivity index (χ1n) is 6.54. The third kappa shape index (κ3) is 1.91. The number of fused-ring (bicyclic) bond motifs is 1. The van der Waals surface area contributed by atoms with Crippen LogP contribution in [0.2, 0.25) is 0 Å². The van der Waals surface area contributed by atoms with E-state index in [-0.39, 0.29) is 5.56 Å². The normalized spacial score (nSPS) is 21.1. The molecule has 1 aliphatic rings. The van der Waals surface area contributed by atoms with Crippen LogP contribution >= 0.6 is 0 Å². The minimum Gasteiger partial charge on any atom is -0.372 e. The zero-order valence-corrected chi connectivity index (χ0v) is 11.6. The van der Waals surface area contributed by atoms with E-state index in [9.17, 15) is 23.1 Å². The first-order valence-corrected chi connectivity index (χ1v) is 6.54. The lowest BCUT2D eigenvalue weighted by Crippen LogP contribution is -2.39. The standard InChI is InChI=1S/C16H12F3NO2/c1-20-13-5-3-2-4-12(13)15(22,14(20)21)10-6-8-11(9-7-10)16(17,18)19/h2-9,22H,1H3. The topological polar surface area (TPSA) is 40.5 Å². The Bertz CT molecular complexity index is 740. The maximum Gasteiger partial charge on any atom is 0.416 e. The van der Waals surface area contributed by atoms with Gasteiger partial charge in [-0.05, 0) is 23.8 Å². The minimum absolute atomic E-state index is 0.113. The van der Waals surface area contributed by atoms with E-state index in [4.69, 9.17) is 0 Å². The summed E-state index contributed by atoms with van der Waals surface area (Å²) in [6.07, 6.45) is -4.46. The van der Waals surface area contributed by atoms with Crippen LogP contribution in [-0.2, 0) is 16.6 Å². The van der Waals surface area contributed by atoms with Gasteiger partial charge in [-0.1, -0.05) is 30.3 Å². The van der Waals surface area contributed by atoms with Crippen LogP contribution in [0.3, 0.4) is 0 Å². The van der Waals surface area contributed by atoms with Crippen LogP contribution in [0.4, 0.5) is 18.9 Å². The van der Waals surface area contributed by atoms with E-state index in [1.165, 1.54) is 11.9 Å². The molecule has 1 aliphatic heterocycles. The number of hydrogen-bond donors (Lipinski definition) is 1. The second kappa shape index (κ2) is 4.58. The molecule has 3 nitrogen and oxygen atoms in total. The summed E-state index contributed by atoms with van der Waals surface area (Å²) in [6.45, 7) is 0.